The number of hydrogen-bond acceptors (Lipinski definition) is 3. The highest BCUT2D eigenvalue weighted by Gasteiger charge is 2.32. The Morgan fingerprint density at radius 2 is 1.82 bits per heavy atom. The molecule has 0 fully saturated rings. The summed E-state index contributed by atoms with van der Waals surface area (Å²) in [6.07, 6.45) is -3.10. The first-order chi connectivity index (χ1) is 10.3. The number of pyridine rings is 1. The molecule has 1 aromatic heterocycles. The number of halogens is 5. The van der Waals surface area contributed by atoms with Crippen LogP contribution in [0, 0.1) is 6.92 Å². The first-order valence-electron chi connectivity index (χ1n) is 6.06. The van der Waals surface area contributed by atoms with Crippen LogP contribution in [0.4, 0.5) is 18.9 Å². The summed E-state index contributed by atoms with van der Waals surface area (Å²) in [7, 11) is 0. The van der Waals surface area contributed by atoms with Crippen molar-refractivity contribution in [1.29, 1.82) is 0 Å². The number of aryl methyl sites for hydroxylation is 1. The Bertz CT molecular complexity index is 692. The van der Waals surface area contributed by atoms with Crippen LogP contribution < -0.4 is 5.43 Å². The van der Waals surface area contributed by atoms with Gasteiger partial charge in [-0.25, -0.2) is 0 Å². The molecule has 8 heteroatoms. The smallest absolute Gasteiger partial charge is 0.275 e. The molecule has 0 unspecified atom stereocenters. The van der Waals surface area contributed by atoms with Crippen LogP contribution in [0.3, 0.4) is 0 Å². The van der Waals surface area contributed by atoms with Crippen LogP contribution in [0.2, 0.25) is 10.0 Å². The lowest BCUT2D eigenvalue weighted by Gasteiger charge is -2.11. The number of anilines is 1. The van der Waals surface area contributed by atoms with Gasteiger partial charge in [0.15, 0.2) is 0 Å². The molecule has 0 aliphatic heterocycles. The average molecular weight is 348 g/mol. The highest BCUT2D eigenvalue weighted by Crippen LogP contribution is 2.38. The second-order valence-electron chi connectivity index (χ2n) is 4.39. The molecule has 0 aliphatic carbocycles. The van der Waals surface area contributed by atoms with E-state index in [1.165, 1.54) is 6.21 Å². The zero-order valence-electron chi connectivity index (χ0n) is 11.2. The lowest BCUT2D eigenvalue weighted by atomic mass is 10.2. The van der Waals surface area contributed by atoms with Crippen molar-refractivity contribution in [1.82, 2.24) is 4.98 Å². The molecule has 2 rings (SSSR count). The van der Waals surface area contributed by atoms with E-state index in [4.69, 9.17) is 23.2 Å². The fourth-order valence-corrected chi connectivity index (χ4v) is 2.21. The van der Waals surface area contributed by atoms with Crippen molar-refractivity contribution >= 4 is 35.1 Å². The van der Waals surface area contributed by atoms with Gasteiger partial charge in [-0.15, -0.1) is 0 Å². The van der Waals surface area contributed by atoms with E-state index in [2.05, 4.69) is 15.5 Å². The fourth-order valence-electron chi connectivity index (χ4n) is 1.64. The highest BCUT2D eigenvalue weighted by atomic mass is 35.5. The molecule has 0 aliphatic rings. The molecule has 0 spiro atoms. The minimum absolute atomic E-state index is 0.0974. The number of hydrogen-bond donors (Lipinski definition) is 1. The molecule has 2 aromatic rings. The number of nitrogens with one attached hydrogen (secondary N) is 1. The number of rotatable bonds is 3. The first-order valence-corrected chi connectivity index (χ1v) is 6.82. The van der Waals surface area contributed by atoms with E-state index in [1.54, 1.807) is 6.07 Å². The average Bonchev–Trinajstić information content (AvgIpc) is 2.40. The third-order valence-corrected chi connectivity index (χ3v) is 3.25. The van der Waals surface area contributed by atoms with Crippen molar-refractivity contribution in [3.8, 4) is 0 Å². The first kappa shape index (κ1) is 16.6. The summed E-state index contributed by atoms with van der Waals surface area (Å²) in [5.74, 6) is 0. The number of aromatic nitrogens is 1. The number of alkyl halides is 3. The van der Waals surface area contributed by atoms with Gasteiger partial charge in [-0.3, -0.25) is 10.4 Å². The van der Waals surface area contributed by atoms with Gasteiger partial charge in [-0.2, -0.15) is 18.3 Å². The van der Waals surface area contributed by atoms with Crippen LogP contribution in [-0.4, -0.2) is 11.2 Å². The molecule has 22 heavy (non-hydrogen) atoms. The maximum Gasteiger partial charge on any atom is 0.416 e. The summed E-state index contributed by atoms with van der Waals surface area (Å²) in [6, 6.07) is 6.94. The standard InChI is InChI=1S/C14H10Cl2F3N3/c1-8-3-2-4-10(21-8)7-20-22-13-11(15)5-9(6-12(13)16)14(17,18)19/h2-7,22H,1H3/b20-7+. The maximum atomic E-state index is 12.6. The van der Waals surface area contributed by atoms with Gasteiger partial charge in [0, 0.05) is 5.69 Å². The van der Waals surface area contributed by atoms with Gasteiger partial charge in [0.05, 0.1) is 33.2 Å². The normalized spacial score (nSPS) is 11.9. The van der Waals surface area contributed by atoms with E-state index in [-0.39, 0.29) is 15.7 Å². The molecule has 116 valence electrons. The van der Waals surface area contributed by atoms with Crippen LogP contribution in [-0.2, 0) is 6.18 Å². The molecule has 0 radical (unpaired) electrons. The largest absolute Gasteiger partial charge is 0.416 e. The zero-order valence-corrected chi connectivity index (χ0v) is 12.8. The summed E-state index contributed by atoms with van der Waals surface area (Å²) in [6.45, 7) is 1.83. The molecule has 1 heterocycles. The Labute approximate surface area is 134 Å². The van der Waals surface area contributed by atoms with E-state index < -0.39 is 11.7 Å². The lowest BCUT2D eigenvalue weighted by Crippen LogP contribution is -2.05. The molecular formula is C14H10Cl2F3N3. The van der Waals surface area contributed by atoms with Crippen LogP contribution in [0.5, 0.6) is 0 Å². The Kier molecular flexibility index (Phi) is 4.93. The summed E-state index contributed by atoms with van der Waals surface area (Å²) >= 11 is 11.6. The quantitative estimate of drug-likeness (QED) is 0.614. The molecule has 0 saturated carbocycles. The number of benzene rings is 1. The van der Waals surface area contributed by atoms with Crippen LogP contribution in [0.1, 0.15) is 17.0 Å². The summed E-state index contributed by atoms with van der Waals surface area (Å²) < 4.78 is 37.8. The molecule has 1 aromatic carbocycles. The third kappa shape index (κ3) is 4.11. The fraction of sp³-hybridized carbons (Fsp3) is 0.143. The second-order valence-corrected chi connectivity index (χ2v) is 5.20. The van der Waals surface area contributed by atoms with E-state index in [9.17, 15) is 13.2 Å². The van der Waals surface area contributed by atoms with Crippen LogP contribution in [0.15, 0.2) is 35.4 Å². The molecule has 0 amide bonds. The van der Waals surface area contributed by atoms with Crippen molar-refractivity contribution in [2.45, 2.75) is 13.1 Å². The topological polar surface area (TPSA) is 37.3 Å². The zero-order chi connectivity index (χ0) is 16.3. The number of nitrogens with zero attached hydrogens (tertiary/aromatic N) is 2. The van der Waals surface area contributed by atoms with Gasteiger partial charge in [-0.05, 0) is 31.2 Å². The summed E-state index contributed by atoms with van der Waals surface area (Å²) in [5, 5.41) is 3.53. The Morgan fingerprint density at radius 3 is 2.36 bits per heavy atom. The predicted molar refractivity (Wildman–Crippen MR) is 81.7 cm³/mol. The minimum Gasteiger partial charge on any atom is -0.275 e. The molecule has 3 nitrogen and oxygen atoms in total. The van der Waals surface area contributed by atoms with E-state index in [0.29, 0.717) is 5.69 Å². The van der Waals surface area contributed by atoms with Crippen molar-refractivity contribution in [3.05, 3.63) is 57.3 Å². The van der Waals surface area contributed by atoms with E-state index in [1.807, 2.05) is 19.1 Å². The molecule has 0 saturated heterocycles. The molecular weight excluding hydrogens is 338 g/mol. The summed E-state index contributed by atoms with van der Waals surface area (Å²) in [5.41, 5.74) is 3.11. The van der Waals surface area contributed by atoms with Crippen LogP contribution in [0.25, 0.3) is 0 Å². The van der Waals surface area contributed by atoms with E-state index in [0.717, 1.165) is 17.8 Å². The Balaban J connectivity index is 2.20. The molecule has 0 bridgehead atoms. The van der Waals surface area contributed by atoms with Crippen LogP contribution >= 0.6 is 23.2 Å². The Hall–Kier alpha value is -1.79. The highest BCUT2D eigenvalue weighted by molar-refractivity contribution is 6.39. The third-order valence-electron chi connectivity index (χ3n) is 2.65. The van der Waals surface area contributed by atoms with Crippen molar-refractivity contribution < 1.29 is 13.2 Å². The van der Waals surface area contributed by atoms with Gasteiger partial charge >= 0.3 is 6.18 Å². The SMILES string of the molecule is Cc1cccc(/C=N/Nc2c(Cl)cc(C(F)(F)F)cc2Cl)n1. The van der Waals surface area contributed by atoms with E-state index >= 15 is 0 Å². The maximum absolute atomic E-state index is 12.6. The van der Waals surface area contributed by atoms with Gasteiger partial charge in [-0.1, -0.05) is 29.3 Å². The molecule has 0 atom stereocenters. The van der Waals surface area contributed by atoms with Gasteiger partial charge < -0.3 is 0 Å². The monoisotopic (exact) mass is 347 g/mol. The van der Waals surface area contributed by atoms with Gasteiger partial charge in [0.1, 0.15) is 0 Å². The van der Waals surface area contributed by atoms with Crippen molar-refractivity contribution in [3.63, 3.8) is 0 Å². The van der Waals surface area contributed by atoms with Crippen molar-refractivity contribution in [2.75, 3.05) is 5.43 Å². The Morgan fingerprint density at radius 1 is 1.18 bits per heavy atom. The van der Waals surface area contributed by atoms with Gasteiger partial charge in [0.2, 0.25) is 0 Å². The van der Waals surface area contributed by atoms with Crippen molar-refractivity contribution in [2.24, 2.45) is 5.10 Å². The van der Waals surface area contributed by atoms with Gasteiger partial charge in [0.25, 0.3) is 0 Å². The minimum atomic E-state index is -4.51. The number of hydrazone groups is 1. The molecule has 1 N–H and O–H groups in total. The summed E-state index contributed by atoms with van der Waals surface area (Å²) in [4.78, 5) is 4.19. The lowest BCUT2D eigenvalue weighted by molar-refractivity contribution is -0.137. The second kappa shape index (κ2) is 6.54. The predicted octanol–water partition coefficient (Wildman–Crippen LogP) is 5.16.